The molecule has 0 atom stereocenters. The summed E-state index contributed by atoms with van der Waals surface area (Å²) in [5, 5.41) is 14.4. The smallest absolute Gasteiger partial charge is 0.350 e. The molecule has 0 aliphatic heterocycles. The Bertz CT molecular complexity index is 1210. The van der Waals surface area contributed by atoms with Crippen LogP contribution in [0.5, 0.6) is 5.75 Å². The summed E-state index contributed by atoms with van der Waals surface area (Å²) < 4.78 is 0.726. The molecule has 0 aliphatic rings. The predicted octanol–water partition coefficient (Wildman–Crippen LogP) is 1.76. The monoisotopic (exact) mass is 320 g/mol. The molecule has 0 saturated heterocycles. The molecule has 2 aromatic carbocycles. The fraction of sp³-hybridized carbons (Fsp3) is 0. The first-order chi connectivity index (χ1) is 11.6. The number of para-hydroxylation sites is 2. The number of aromatic hydroxyl groups is 1. The zero-order valence-electron chi connectivity index (χ0n) is 12.4. The zero-order valence-corrected chi connectivity index (χ0v) is 12.4. The van der Waals surface area contributed by atoms with Crippen LogP contribution in [-0.4, -0.2) is 26.0 Å². The van der Waals surface area contributed by atoms with Crippen molar-refractivity contribution in [1.82, 2.24) is 14.6 Å². The Kier molecular flexibility index (Phi) is 3.06. The van der Waals surface area contributed by atoms with Crippen LogP contribution in [0.1, 0.15) is 5.56 Å². The Morgan fingerprint density at radius 2 is 1.71 bits per heavy atom. The fourth-order valence-corrected chi connectivity index (χ4v) is 2.61. The van der Waals surface area contributed by atoms with E-state index in [9.17, 15) is 14.7 Å². The Balaban J connectivity index is 1.94. The summed E-state index contributed by atoms with van der Waals surface area (Å²) in [7, 11) is 0. The second kappa shape index (κ2) is 5.24. The molecule has 0 fully saturated rings. The van der Waals surface area contributed by atoms with Gasteiger partial charge in [-0.1, -0.05) is 30.3 Å². The van der Waals surface area contributed by atoms with Gasteiger partial charge >= 0.3 is 11.2 Å². The molecule has 2 heterocycles. The quantitative estimate of drug-likeness (QED) is 0.490. The molecule has 3 N–H and O–H groups in total. The first-order valence-electron chi connectivity index (χ1n) is 7.23. The van der Waals surface area contributed by atoms with Gasteiger partial charge in [-0.2, -0.15) is 5.10 Å². The Hall–Kier alpha value is -3.61. The first-order valence-corrected chi connectivity index (χ1v) is 7.23. The van der Waals surface area contributed by atoms with Crippen molar-refractivity contribution in [2.75, 3.05) is 0 Å². The number of benzene rings is 2. The lowest BCUT2D eigenvalue weighted by Crippen LogP contribution is -2.32. The van der Waals surface area contributed by atoms with E-state index in [2.05, 4.69) is 15.1 Å². The van der Waals surface area contributed by atoms with Crippen molar-refractivity contribution >= 4 is 28.2 Å². The highest BCUT2D eigenvalue weighted by molar-refractivity contribution is 6.04. The summed E-state index contributed by atoms with van der Waals surface area (Å²) in [6.07, 6.45) is 1.26. The van der Waals surface area contributed by atoms with E-state index in [-0.39, 0.29) is 11.3 Å². The molecule has 24 heavy (non-hydrogen) atoms. The highest BCUT2D eigenvalue weighted by Gasteiger charge is 2.12. The Morgan fingerprint density at radius 3 is 2.54 bits per heavy atom. The lowest BCUT2D eigenvalue weighted by molar-refractivity contribution is 0.474. The molecule has 0 saturated carbocycles. The summed E-state index contributed by atoms with van der Waals surface area (Å²) in [5.41, 5.74) is 0.670. The van der Waals surface area contributed by atoms with Crippen molar-refractivity contribution in [3.05, 3.63) is 74.9 Å². The van der Waals surface area contributed by atoms with Crippen molar-refractivity contribution in [2.24, 2.45) is 5.10 Å². The second-order valence-electron chi connectivity index (χ2n) is 5.27. The third-order valence-electron chi connectivity index (χ3n) is 3.79. The molecule has 7 heteroatoms. The van der Waals surface area contributed by atoms with E-state index >= 15 is 0 Å². The molecule has 4 aromatic rings. The van der Waals surface area contributed by atoms with Crippen LogP contribution in [0.2, 0.25) is 0 Å². The van der Waals surface area contributed by atoms with E-state index in [1.165, 1.54) is 12.3 Å². The number of aromatic amines is 2. The van der Waals surface area contributed by atoms with Crippen LogP contribution in [0.15, 0.2) is 63.2 Å². The van der Waals surface area contributed by atoms with Gasteiger partial charge in [0.25, 0.3) is 0 Å². The van der Waals surface area contributed by atoms with Crippen molar-refractivity contribution in [1.29, 1.82) is 0 Å². The maximum atomic E-state index is 12.6. The molecular weight excluding hydrogens is 308 g/mol. The van der Waals surface area contributed by atoms with E-state index in [1.54, 1.807) is 18.2 Å². The second-order valence-corrected chi connectivity index (χ2v) is 5.27. The Morgan fingerprint density at radius 1 is 0.958 bits per heavy atom. The highest BCUT2D eigenvalue weighted by Crippen LogP contribution is 2.19. The normalized spacial score (nSPS) is 11.7. The number of fused-ring (bicyclic) bond motifs is 3. The van der Waals surface area contributed by atoms with Crippen LogP contribution in [0.3, 0.4) is 0 Å². The van der Waals surface area contributed by atoms with Crippen LogP contribution in [-0.2, 0) is 0 Å². The van der Waals surface area contributed by atoms with Gasteiger partial charge in [-0.15, -0.1) is 4.68 Å². The van der Waals surface area contributed by atoms with Gasteiger partial charge in [0, 0.05) is 16.5 Å². The van der Waals surface area contributed by atoms with Crippen LogP contribution in [0.4, 0.5) is 0 Å². The first kappa shape index (κ1) is 14.0. The minimum atomic E-state index is -0.649. The average Bonchev–Trinajstić information content (AvgIpc) is 2.95. The standard InChI is InChI=1S/C17H12N4O3/c22-13-8-4-1-5-10(13)9-18-21-16(23)15-14(20-17(21)24)11-6-2-3-7-12(11)19-15/h1-9,19,22H,(H,20,24)/b18-9+. The molecule has 0 bridgehead atoms. The van der Waals surface area contributed by atoms with Crippen molar-refractivity contribution in [3.8, 4) is 5.75 Å². The van der Waals surface area contributed by atoms with Crippen LogP contribution >= 0.6 is 0 Å². The molecule has 0 aliphatic carbocycles. The van der Waals surface area contributed by atoms with Crippen molar-refractivity contribution in [3.63, 3.8) is 0 Å². The summed E-state index contributed by atoms with van der Waals surface area (Å²) in [4.78, 5) is 30.4. The number of nitrogens with zero attached hydrogens (tertiary/aromatic N) is 2. The largest absolute Gasteiger partial charge is 0.507 e. The zero-order chi connectivity index (χ0) is 16.7. The molecule has 0 spiro atoms. The van der Waals surface area contributed by atoms with Gasteiger partial charge < -0.3 is 15.1 Å². The molecule has 0 amide bonds. The van der Waals surface area contributed by atoms with E-state index in [0.717, 1.165) is 15.6 Å². The van der Waals surface area contributed by atoms with E-state index in [0.29, 0.717) is 11.1 Å². The van der Waals surface area contributed by atoms with Crippen LogP contribution < -0.4 is 11.2 Å². The number of phenols is 1. The lowest BCUT2D eigenvalue weighted by Gasteiger charge is -1.99. The van der Waals surface area contributed by atoms with E-state index < -0.39 is 11.2 Å². The lowest BCUT2D eigenvalue weighted by atomic mass is 10.2. The van der Waals surface area contributed by atoms with Crippen LogP contribution in [0, 0.1) is 0 Å². The van der Waals surface area contributed by atoms with Crippen molar-refractivity contribution in [2.45, 2.75) is 0 Å². The number of hydrogen-bond acceptors (Lipinski definition) is 4. The van der Waals surface area contributed by atoms with Gasteiger partial charge in [-0.25, -0.2) is 4.79 Å². The molecular formula is C17H12N4O3. The van der Waals surface area contributed by atoms with Gasteiger partial charge in [-0.3, -0.25) is 4.79 Å². The van der Waals surface area contributed by atoms with Gasteiger partial charge in [-0.05, 0) is 18.2 Å². The molecule has 4 rings (SSSR count). The maximum absolute atomic E-state index is 12.6. The van der Waals surface area contributed by atoms with Gasteiger partial charge in [0.15, 0.2) is 0 Å². The molecule has 0 radical (unpaired) electrons. The number of nitrogens with one attached hydrogen (secondary N) is 2. The number of phenolic OH excluding ortho intramolecular Hbond substituents is 1. The average molecular weight is 320 g/mol. The maximum Gasteiger partial charge on any atom is 0.350 e. The summed E-state index contributed by atoms with van der Waals surface area (Å²) in [6.45, 7) is 0. The summed E-state index contributed by atoms with van der Waals surface area (Å²) in [5.74, 6) is 0.0115. The van der Waals surface area contributed by atoms with Gasteiger partial charge in [0.1, 0.15) is 11.3 Å². The molecule has 0 unspecified atom stereocenters. The summed E-state index contributed by atoms with van der Waals surface area (Å²) in [6, 6.07) is 13.8. The van der Waals surface area contributed by atoms with E-state index in [4.69, 9.17) is 0 Å². The molecule has 7 nitrogen and oxygen atoms in total. The Labute approximate surface area is 134 Å². The van der Waals surface area contributed by atoms with Gasteiger partial charge in [0.05, 0.1) is 11.7 Å². The van der Waals surface area contributed by atoms with Gasteiger partial charge in [0.2, 0.25) is 0 Å². The minimum absolute atomic E-state index is 0.0115. The highest BCUT2D eigenvalue weighted by atomic mass is 16.3. The van der Waals surface area contributed by atoms with Crippen LogP contribution in [0.25, 0.3) is 21.9 Å². The van der Waals surface area contributed by atoms with Crippen molar-refractivity contribution < 1.29 is 5.11 Å². The minimum Gasteiger partial charge on any atom is -0.507 e. The SMILES string of the molecule is O=c1[nH]c2c([nH]c3ccccc32)c(=O)n1/N=C/c1ccccc1O. The molecule has 2 aromatic heterocycles. The number of H-pyrrole nitrogens is 2. The summed E-state index contributed by atoms with van der Waals surface area (Å²) >= 11 is 0. The fourth-order valence-electron chi connectivity index (χ4n) is 2.61. The topological polar surface area (TPSA) is 103 Å². The molecule has 118 valence electrons. The number of hydrogen-bond donors (Lipinski definition) is 3. The number of rotatable bonds is 2. The third kappa shape index (κ3) is 2.11. The predicted molar refractivity (Wildman–Crippen MR) is 91.8 cm³/mol. The third-order valence-corrected chi connectivity index (χ3v) is 3.79. The number of aromatic nitrogens is 3. The van der Waals surface area contributed by atoms with E-state index in [1.807, 2.05) is 24.3 Å².